The number of nitrogens with one attached hydrogen (secondary N) is 6. The Labute approximate surface area is 415 Å². The van der Waals surface area contributed by atoms with Gasteiger partial charge in [-0.15, -0.1) is 0 Å². The van der Waals surface area contributed by atoms with Gasteiger partial charge in [-0.3, -0.25) is 19.2 Å². The summed E-state index contributed by atoms with van der Waals surface area (Å²) in [6.07, 6.45) is 8.19. The van der Waals surface area contributed by atoms with Crippen LogP contribution in [0.15, 0.2) is 121 Å². The molecular weight excluding hydrogens is 905 g/mol. The fourth-order valence-electron chi connectivity index (χ4n) is 8.95. The highest BCUT2D eigenvalue weighted by atomic mass is 16.2. The summed E-state index contributed by atoms with van der Waals surface area (Å²) in [6.45, 7) is 0.694. The second-order valence-electron chi connectivity index (χ2n) is 17.0. The molecule has 2 aliphatic heterocycles. The highest BCUT2D eigenvalue weighted by Crippen LogP contribution is 2.43. The van der Waals surface area contributed by atoms with Crippen molar-refractivity contribution in [3.63, 3.8) is 0 Å². The molecule has 4 amide bonds. The Morgan fingerprint density at radius 2 is 0.569 bits per heavy atom. The maximum absolute atomic E-state index is 13.2. The van der Waals surface area contributed by atoms with Crippen LogP contribution in [0.4, 0.5) is 22.7 Å². The minimum absolute atomic E-state index is 0.120. The van der Waals surface area contributed by atoms with Crippen molar-refractivity contribution in [3.8, 4) is 44.5 Å². The number of amides is 4. The minimum Gasteiger partial charge on any atom is -0.354 e. The lowest BCUT2D eigenvalue weighted by atomic mass is 10.0. The molecule has 0 aliphatic carbocycles. The molecule has 0 fully saturated rings. The summed E-state index contributed by atoms with van der Waals surface area (Å²) in [7, 11) is 0. The van der Waals surface area contributed by atoms with Gasteiger partial charge in [-0.1, -0.05) is 72.8 Å². The molecule has 3 aromatic heterocycles. The van der Waals surface area contributed by atoms with Crippen molar-refractivity contribution >= 4 is 92.7 Å². The number of nitrogens with zero attached hydrogens (tertiary/aromatic N) is 2. The topological polar surface area (TPSA) is 278 Å². The molecule has 362 valence electrons. The van der Waals surface area contributed by atoms with E-state index >= 15 is 0 Å². The number of anilines is 4. The SMILES string of the molecule is NCCC(=O)Nc1ccccc1-c1c2nc(c(-c3ccccc3NC(=O)CCN)c3ccc([nH]3)c(-c3ccccc3NC(=O)CCN)c3nc(c(-c4ccccc4NC(=O)CCN)c4ccc1[nH]4)C=C3)C=C2. The second-order valence-corrected chi connectivity index (χ2v) is 17.0. The first-order chi connectivity index (χ1) is 35.2. The van der Waals surface area contributed by atoms with Crippen molar-refractivity contribution in [2.75, 3.05) is 47.4 Å². The number of carbonyl (C=O) groups is 4. The molecule has 72 heavy (non-hydrogen) atoms. The lowest BCUT2D eigenvalue weighted by molar-refractivity contribution is -0.116. The molecule has 0 saturated carbocycles. The van der Waals surface area contributed by atoms with Crippen molar-refractivity contribution in [2.24, 2.45) is 22.9 Å². The van der Waals surface area contributed by atoms with Crippen molar-refractivity contribution in [1.82, 2.24) is 19.9 Å². The Bertz CT molecular complexity index is 3040. The minimum atomic E-state index is -0.243. The Balaban J connectivity index is 1.45. The number of rotatable bonds is 16. The zero-order valence-electron chi connectivity index (χ0n) is 39.4. The molecule has 4 aromatic carbocycles. The zero-order chi connectivity index (χ0) is 50.1. The van der Waals surface area contributed by atoms with Gasteiger partial charge in [0.25, 0.3) is 0 Å². The molecule has 14 N–H and O–H groups in total. The van der Waals surface area contributed by atoms with Gasteiger partial charge in [-0.25, -0.2) is 9.97 Å². The molecule has 8 bridgehead atoms. The van der Waals surface area contributed by atoms with Crippen molar-refractivity contribution in [1.29, 1.82) is 0 Å². The van der Waals surface area contributed by atoms with Gasteiger partial charge >= 0.3 is 0 Å². The quantitative estimate of drug-likeness (QED) is 0.0441. The monoisotopic (exact) mass is 958 g/mol. The van der Waals surface area contributed by atoms with E-state index in [1.807, 2.05) is 146 Å². The average molecular weight is 959 g/mol. The second kappa shape index (κ2) is 21.9. The third-order valence-corrected chi connectivity index (χ3v) is 12.1. The van der Waals surface area contributed by atoms with Crippen LogP contribution in [0.5, 0.6) is 0 Å². The van der Waals surface area contributed by atoms with Crippen LogP contribution in [0.2, 0.25) is 0 Å². The predicted octanol–water partition coefficient (Wildman–Crippen LogP) is 8.47. The van der Waals surface area contributed by atoms with E-state index in [2.05, 4.69) is 31.2 Å². The van der Waals surface area contributed by atoms with E-state index in [1.54, 1.807) is 0 Å². The van der Waals surface area contributed by atoms with Crippen LogP contribution in [0.3, 0.4) is 0 Å². The van der Waals surface area contributed by atoms with E-state index in [1.165, 1.54) is 0 Å². The third kappa shape index (κ3) is 10.2. The number of para-hydroxylation sites is 4. The molecule has 0 spiro atoms. The standard InChI is InChI=1S/C56H54N12O4/c57-29-25-49(69)65-37-13-5-1-9-33(37)53-41-17-19-43(61-41)54(34-10-2-6-14-38(34)66-50(70)26-30-58)45-21-23-47(63-45)56(36-12-4-8-16-40(36)68-52(72)28-32-60)48-24-22-46(64-48)55(44-20-18-42(53)62-44)35-11-3-7-15-39(35)67-51(71)27-31-59/h1-24,61,64H,25-32,57-60H2,(H,65,69)(H,66,70)(H,67,71)(H,68,72). The summed E-state index contributed by atoms with van der Waals surface area (Å²) in [6, 6.07) is 37.9. The van der Waals surface area contributed by atoms with Gasteiger partial charge in [-0.05, 0) is 72.8 Å². The Morgan fingerprint density at radius 3 is 0.792 bits per heavy atom. The fraction of sp³-hybridized carbons (Fsp3) is 0.143. The van der Waals surface area contributed by atoms with Gasteiger partial charge in [0.15, 0.2) is 0 Å². The largest absolute Gasteiger partial charge is 0.354 e. The zero-order valence-corrected chi connectivity index (χ0v) is 39.4. The number of aromatic amines is 2. The molecule has 9 rings (SSSR count). The Hall–Kier alpha value is -8.80. The van der Waals surface area contributed by atoms with Crippen molar-refractivity contribution < 1.29 is 19.2 Å². The number of nitrogens with two attached hydrogens (primary N) is 4. The number of carbonyl (C=O) groups excluding carboxylic acids is 4. The van der Waals surface area contributed by atoms with Crippen LogP contribution >= 0.6 is 0 Å². The number of H-pyrrole nitrogens is 2. The van der Waals surface area contributed by atoms with Crippen LogP contribution in [0, 0.1) is 0 Å². The van der Waals surface area contributed by atoms with Gasteiger partial charge < -0.3 is 54.2 Å². The molecule has 0 saturated heterocycles. The molecule has 5 heterocycles. The summed E-state index contributed by atoms with van der Waals surface area (Å²) >= 11 is 0. The number of hydrogen-bond donors (Lipinski definition) is 10. The lowest BCUT2D eigenvalue weighted by Gasteiger charge is -2.14. The molecular formula is C56H54N12O4. The van der Waals surface area contributed by atoms with Gasteiger partial charge in [-0.2, -0.15) is 0 Å². The highest BCUT2D eigenvalue weighted by molar-refractivity contribution is 6.07. The summed E-state index contributed by atoms with van der Waals surface area (Å²) in [5.74, 6) is -0.973. The van der Waals surface area contributed by atoms with Gasteiger partial charge in [0.2, 0.25) is 23.6 Å². The smallest absolute Gasteiger partial charge is 0.225 e. The van der Waals surface area contributed by atoms with E-state index in [0.29, 0.717) is 112 Å². The first kappa shape index (κ1) is 48.2. The summed E-state index contributed by atoms with van der Waals surface area (Å²) in [5, 5.41) is 12.3. The summed E-state index contributed by atoms with van der Waals surface area (Å²) in [4.78, 5) is 71.1. The van der Waals surface area contributed by atoms with Gasteiger partial charge in [0, 0.05) is 141 Å². The molecule has 16 nitrogen and oxygen atoms in total. The third-order valence-electron chi connectivity index (χ3n) is 12.1. The van der Waals surface area contributed by atoms with E-state index in [-0.39, 0.29) is 75.5 Å². The van der Waals surface area contributed by atoms with Gasteiger partial charge in [0.1, 0.15) is 0 Å². The fourth-order valence-corrected chi connectivity index (χ4v) is 8.95. The molecule has 16 heteroatoms. The van der Waals surface area contributed by atoms with Crippen LogP contribution < -0.4 is 44.2 Å². The lowest BCUT2D eigenvalue weighted by Crippen LogP contribution is -2.16. The Kier molecular flexibility index (Phi) is 14.7. The van der Waals surface area contributed by atoms with E-state index < -0.39 is 0 Å². The Morgan fingerprint density at radius 1 is 0.347 bits per heavy atom. The number of aromatic nitrogens is 4. The molecule has 0 radical (unpaired) electrons. The van der Waals surface area contributed by atoms with Crippen molar-refractivity contribution in [3.05, 3.63) is 144 Å². The normalized spacial score (nSPS) is 11.6. The molecule has 7 aromatic rings. The average Bonchev–Trinajstić information content (AvgIpc) is 4.23. The first-order valence-corrected chi connectivity index (χ1v) is 23.7. The molecule has 0 atom stereocenters. The number of fused-ring (bicyclic) bond motifs is 8. The van der Waals surface area contributed by atoms with Crippen molar-refractivity contribution in [2.45, 2.75) is 25.7 Å². The van der Waals surface area contributed by atoms with Crippen LogP contribution in [0.1, 0.15) is 48.5 Å². The molecule has 2 aliphatic rings. The van der Waals surface area contributed by atoms with E-state index in [0.717, 1.165) is 0 Å². The summed E-state index contributed by atoms with van der Waals surface area (Å²) < 4.78 is 0. The summed E-state index contributed by atoms with van der Waals surface area (Å²) in [5.41, 5.74) is 35.8. The highest BCUT2D eigenvalue weighted by Gasteiger charge is 2.23. The number of benzene rings is 4. The van der Waals surface area contributed by atoms with Crippen LogP contribution in [-0.4, -0.2) is 69.7 Å². The predicted molar refractivity (Wildman–Crippen MR) is 290 cm³/mol. The van der Waals surface area contributed by atoms with Crippen LogP contribution in [-0.2, 0) is 19.2 Å². The molecule has 0 unspecified atom stereocenters. The van der Waals surface area contributed by atoms with E-state index in [9.17, 15) is 19.2 Å². The van der Waals surface area contributed by atoms with E-state index in [4.69, 9.17) is 32.9 Å². The first-order valence-electron chi connectivity index (χ1n) is 23.7. The van der Waals surface area contributed by atoms with Crippen LogP contribution in [0.25, 0.3) is 90.9 Å². The number of hydrogen-bond acceptors (Lipinski definition) is 10. The van der Waals surface area contributed by atoms with Gasteiger partial charge in [0.05, 0.1) is 22.8 Å². The maximum Gasteiger partial charge on any atom is 0.225 e. The maximum atomic E-state index is 13.2.